The zero-order valence-corrected chi connectivity index (χ0v) is 19.1. The first-order valence-electron chi connectivity index (χ1n) is 11.0. The predicted molar refractivity (Wildman–Crippen MR) is 125 cm³/mol. The number of oxazole rings is 1. The van der Waals surface area contributed by atoms with Crippen molar-refractivity contribution in [2.24, 2.45) is 0 Å². The molecule has 0 radical (unpaired) electrons. The van der Waals surface area contributed by atoms with E-state index in [1.54, 1.807) is 0 Å². The summed E-state index contributed by atoms with van der Waals surface area (Å²) >= 11 is 1.51. The second-order valence-corrected chi connectivity index (χ2v) is 9.21. The van der Waals surface area contributed by atoms with Gasteiger partial charge in [-0.25, -0.2) is 18.7 Å². The first-order chi connectivity index (χ1) is 16.5. The van der Waals surface area contributed by atoms with Crippen LogP contribution in [-0.4, -0.2) is 27.3 Å². The lowest BCUT2D eigenvalue weighted by Crippen LogP contribution is -2.29. The number of hydrogen-bond donors (Lipinski definition) is 1. The van der Waals surface area contributed by atoms with Crippen molar-refractivity contribution in [1.82, 2.24) is 14.9 Å². The minimum Gasteiger partial charge on any atom is -0.441 e. The highest BCUT2D eigenvalue weighted by Gasteiger charge is 2.21. The Kier molecular flexibility index (Phi) is 6.46. The minimum absolute atomic E-state index is 0.124. The molecule has 5 rings (SSSR count). The lowest BCUT2D eigenvalue weighted by atomic mass is 10.1. The number of fused-ring (bicyclic) bond motifs is 1. The SMILES string of the molecule is O=C(CCc1ncc(-c2ccc(F)cc2F)o1)Nc1nc2c(s1)CN(Cc1ccccc1)CC2. The third kappa shape index (κ3) is 5.21. The van der Waals surface area contributed by atoms with Gasteiger partial charge >= 0.3 is 0 Å². The van der Waals surface area contributed by atoms with Gasteiger partial charge in [-0.1, -0.05) is 30.3 Å². The van der Waals surface area contributed by atoms with Gasteiger partial charge in [0.2, 0.25) is 5.91 Å². The largest absolute Gasteiger partial charge is 0.441 e. The maximum absolute atomic E-state index is 13.9. The van der Waals surface area contributed by atoms with Crippen LogP contribution in [0.25, 0.3) is 11.3 Å². The molecule has 0 saturated carbocycles. The smallest absolute Gasteiger partial charge is 0.226 e. The molecule has 0 saturated heterocycles. The van der Waals surface area contributed by atoms with Gasteiger partial charge in [0.05, 0.1) is 17.5 Å². The highest BCUT2D eigenvalue weighted by molar-refractivity contribution is 7.15. The molecule has 0 bridgehead atoms. The third-order valence-electron chi connectivity index (χ3n) is 5.62. The van der Waals surface area contributed by atoms with E-state index in [1.165, 1.54) is 34.0 Å². The molecule has 174 valence electrons. The Balaban J connectivity index is 1.15. The van der Waals surface area contributed by atoms with E-state index in [1.807, 2.05) is 18.2 Å². The predicted octanol–water partition coefficient (Wildman–Crippen LogP) is 5.21. The van der Waals surface area contributed by atoms with E-state index in [9.17, 15) is 13.6 Å². The number of hydrogen-bond acceptors (Lipinski definition) is 6. The molecule has 0 spiro atoms. The van der Waals surface area contributed by atoms with Gasteiger partial charge in [0.15, 0.2) is 16.8 Å². The number of benzene rings is 2. The molecule has 0 unspecified atom stereocenters. The second-order valence-electron chi connectivity index (χ2n) is 8.13. The monoisotopic (exact) mass is 480 g/mol. The van der Waals surface area contributed by atoms with Gasteiger partial charge in [-0.15, -0.1) is 11.3 Å². The third-order valence-corrected chi connectivity index (χ3v) is 6.62. The molecule has 2 aromatic heterocycles. The van der Waals surface area contributed by atoms with E-state index < -0.39 is 11.6 Å². The fourth-order valence-electron chi connectivity index (χ4n) is 3.92. The Labute approximate surface area is 199 Å². The molecule has 0 atom stereocenters. The van der Waals surface area contributed by atoms with Crippen LogP contribution >= 0.6 is 11.3 Å². The van der Waals surface area contributed by atoms with Gasteiger partial charge in [-0.3, -0.25) is 9.69 Å². The maximum atomic E-state index is 13.9. The molecular weight excluding hydrogens is 458 g/mol. The number of rotatable bonds is 7. The number of aryl methyl sites for hydroxylation is 1. The highest BCUT2D eigenvalue weighted by Crippen LogP contribution is 2.29. The summed E-state index contributed by atoms with van der Waals surface area (Å²) in [6, 6.07) is 13.6. The van der Waals surface area contributed by atoms with Crippen LogP contribution in [0.4, 0.5) is 13.9 Å². The van der Waals surface area contributed by atoms with E-state index in [-0.39, 0.29) is 30.1 Å². The molecule has 0 aliphatic carbocycles. The van der Waals surface area contributed by atoms with Gasteiger partial charge in [0, 0.05) is 49.8 Å². The van der Waals surface area contributed by atoms with Crippen LogP contribution in [0.2, 0.25) is 0 Å². The van der Waals surface area contributed by atoms with Crippen molar-refractivity contribution < 1.29 is 18.0 Å². The van der Waals surface area contributed by atoms with Gasteiger partial charge in [-0.05, 0) is 17.7 Å². The number of carbonyl (C=O) groups excluding carboxylic acids is 1. The molecule has 1 N–H and O–H groups in total. The van der Waals surface area contributed by atoms with Crippen molar-refractivity contribution in [1.29, 1.82) is 0 Å². The molecule has 9 heteroatoms. The van der Waals surface area contributed by atoms with E-state index >= 15 is 0 Å². The molecule has 1 aliphatic heterocycles. The highest BCUT2D eigenvalue weighted by atomic mass is 32.1. The van der Waals surface area contributed by atoms with Crippen molar-refractivity contribution in [2.75, 3.05) is 11.9 Å². The summed E-state index contributed by atoms with van der Waals surface area (Å²) in [7, 11) is 0. The molecule has 4 aromatic rings. The molecule has 3 heterocycles. The lowest BCUT2D eigenvalue weighted by Gasteiger charge is -2.25. The summed E-state index contributed by atoms with van der Waals surface area (Å²) in [5.41, 5.74) is 2.45. The van der Waals surface area contributed by atoms with Crippen molar-refractivity contribution in [3.05, 3.63) is 88.4 Å². The number of amides is 1. The number of halogens is 2. The fraction of sp³-hybridized carbons (Fsp3) is 0.240. The zero-order valence-electron chi connectivity index (χ0n) is 18.3. The number of nitrogens with one attached hydrogen (secondary N) is 1. The van der Waals surface area contributed by atoms with Crippen LogP contribution < -0.4 is 5.32 Å². The Bertz CT molecular complexity index is 1310. The van der Waals surface area contributed by atoms with E-state index in [4.69, 9.17) is 4.42 Å². The number of aromatic nitrogens is 2. The summed E-state index contributed by atoms with van der Waals surface area (Å²) in [6.07, 6.45) is 2.63. The first kappa shape index (κ1) is 22.4. The molecule has 34 heavy (non-hydrogen) atoms. The molecule has 1 aliphatic rings. The summed E-state index contributed by atoms with van der Waals surface area (Å²) in [5.74, 6) is -1.08. The van der Waals surface area contributed by atoms with E-state index in [0.29, 0.717) is 11.0 Å². The van der Waals surface area contributed by atoms with Crippen LogP contribution in [0, 0.1) is 11.6 Å². The molecule has 2 aromatic carbocycles. The van der Waals surface area contributed by atoms with Crippen LogP contribution in [-0.2, 0) is 30.7 Å². The maximum Gasteiger partial charge on any atom is 0.226 e. The van der Waals surface area contributed by atoms with Gasteiger partial charge in [-0.2, -0.15) is 0 Å². The van der Waals surface area contributed by atoms with Crippen LogP contribution in [0.1, 0.15) is 28.4 Å². The minimum atomic E-state index is -0.726. The van der Waals surface area contributed by atoms with Crippen molar-refractivity contribution in [3.63, 3.8) is 0 Å². The summed E-state index contributed by atoms with van der Waals surface area (Å²) in [4.78, 5) is 24.7. The fourth-order valence-corrected chi connectivity index (χ4v) is 4.99. The Morgan fingerprint density at radius 2 is 2.03 bits per heavy atom. The number of nitrogens with zero attached hydrogens (tertiary/aromatic N) is 3. The van der Waals surface area contributed by atoms with E-state index in [0.717, 1.165) is 43.9 Å². The van der Waals surface area contributed by atoms with Crippen LogP contribution in [0.3, 0.4) is 0 Å². The Morgan fingerprint density at radius 1 is 1.18 bits per heavy atom. The Hall–Kier alpha value is -3.43. The molecule has 0 fully saturated rings. The van der Waals surface area contributed by atoms with Crippen LogP contribution in [0.15, 0.2) is 59.1 Å². The van der Waals surface area contributed by atoms with Crippen molar-refractivity contribution in [3.8, 4) is 11.3 Å². The topological polar surface area (TPSA) is 71.3 Å². The quantitative estimate of drug-likeness (QED) is 0.393. The lowest BCUT2D eigenvalue weighted by molar-refractivity contribution is -0.116. The number of carbonyl (C=O) groups is 1. The summed E-state index contributed by atoms with van der Waals surface area (Å²) in [6.45, 7) is 2.64. The number of thiazole rings is 1. The van der Waals surface area contributed by atoms with E-state index in [2.05, 4.69) is 32.3 Å². The average molecular weight is 481 g/mol. The van der Waals surface area contributed by atoms with Crippen molar-refractivity contribution in [2.45, 2.75) is 32.4 Å². The van der Waals surface area contributed by atoms with Gasteiger partial charge in [0.1, 0.15) is 11.6 Å². The Morgan fingerprint density at radius 3 is 2.85 bits per heavy atom. The number of anilines is 1. The molecule has 6 nitrogen and oxygen atoms in total. The van der Waals surface area contributed by atoms with Crippen LogP contribution in [0.5, 0.6) is 0 Å². The first-order valence-corrected chi connectivity index (χ1v) is 11.8. The summed E-state index contributed by atoms with van der Waals surface area (Å²) in [5, 5.41) is 3.46. The standard InChI is InChI=1S/C25H22F2N4O2S/c26-17-6-7-18(19(27)12-17)21-13-28-24(33-21)9-8-23(32)30-25-29-20-10-11-31(15-22(20)34-25)14-16-4-2-1-3-5-16/h1-7,12-13H,8-11,14-15H2,(H,29,30,32). The average Bonchev–Trinajstić information content (AvgIpc) is 3.44. The zero-order chi connectivity index (χ0) is 23.5. The van der Waals surface area contributed by atoms with Gasteiger partial charge < -0.3 is 9.73 Å². The normalized spacial score (nSPS) is 13.6. The molecule has 1 amide bonds. The second kappa shape index (κ2) is 9.82. The summed E-state index contributed by atoms with van der Waals surface area (Å²) < 4.78 is 32.6. The molecular formula is C25H22F2N4O2S. The van der Waals surface area contributed by atoms with Gasteiger partial charge in [0.25, 0.3) is 0 Å². The van der Waals surface area contributed by atoms with Crippen molar-refractivity contribution >= 4 is 22.4 Å².